The molecule has 0 bridgehead atoms. The molecule has 2 heterocycles. The summed E-state index contributed by atoms with van der Waals surface area (Å²) in [5, 5.41) is 4.83. The van der Waals surface area contributed by atoms with Gasteiger partial charge in [-0.15, -0.1) is 0 Å². The monoisotopic (exact) mass is 940 g/mol. The molecule has 12 aromatic rings. The Balaban J connectivity index is 0.965. The van der Waals surface area contributed by atoms with Gasteiger partial charge in [-0.25, -0.2) is 0 Å². The third-order valence-corrected chi connectivity index (χ3v) is 17.5. The van der Waals surface area contributed by atoms with Gasteiger partial charge in [0.2, 0.25) is 0 Å². The second-order valence-electron chi connectivity index (χ2n) is 20.9. The minimum absolute atomic E-state index is 0.185. The molecule has 2 heteroatoms. The van der Waals surface area contributed by atoms with Gasteiger partial charge in [-0.1, -0.05) is 194 Å². The van der Waals surface area contributed by atoms with Crippen LogP contribution in [0.1, 0.15) is 78.2 Å². The van der Waals surface area contributed by atoms with Crippen molar-refractivity contribution in [1.29, 1.82) is 0 Å². The Bertz CT molecular complexity index is 4380. The number of benzene rings is 12. The van der Waals surface area contributed by atoms with Gasteiger partial charge < -0.3 is 9.47 Å². The van der Waals surface area contributed by atoms with Crippen molar-refractivity contribution in [2.75, 3.05) is 0 Å². The van der Waals surface area contributed by atoms with Crippen molar-refractivity contribution in [3.8, 4) is 56.4 Å². The van der Waals surface area contributed by atoms with Gasteiger partial charge in [0.25, 0.3) is 0 Å². The molecular formula is C72H44O2. The Morgan fingerprint density at radius 2 is 0.730 bits per heavy atom. The highest BCUT2D eigenvalue weighted by molar-refractivity contribution is 5.98. The number of hydrogen-bond acceptors (Lipinski definition) is 2. The van der Waals surface area contributed by atoms with Gasteiger partial charge in [0, 0.05) is 28.2 Å². The van der Waals surface area contributed by atoms with Crippen LogP contribution >= 0.6 is 0 Å². The number of hydrogen-bond donors (Lipinski definition) is 0. The van der Waals surface area contributed by atoms with E-state index in [2.05, 4.69) is 249 Å². The Morgan fingerprint density at radius 1 is 0.284 bits per heavy atom. The first-order valence-electron chi connectivity index (χ1n) is 26.0. The van der Waals surface area contributed by atoms with Crippen molar-refractivity contribution < 1.29 is 9.47 Å². The molecule has 5 aliphatic rings. The zero-order chi connectivity index (χ0) is 48.3. The molecule has 17 rings (SSSR count). The summed E-state index contributed by atoms with van der Waals surface area (Å²) in [5.74, 6) is 3.37. The number of rotatable bonds is 3. The first kappa shape index (κ1) is 40.4. The van der Waals surface area contributed by atoms with E-state index in [1.807, 2.05) is 0 Å². The Morgan fingerprint density at radius 3 is 1.38 bits per heavy atom. The van der Waals surface area contributed by atoms with E-state index in [0.29, 0.717) is 0 Å². The number of ether oxygens (including phenoxy) is 2. The summed E-state index contributed by atoms with van der Waals surface area (Å²) < 4.78 is 14.3. The van der Waals surface area contributed by atoms with E-state index in [1.165, 1.54) is 105 Å². The summed E-state index contributed by atoms with van der Waals surface area (Å²) in [6, 6.07) is 93.3. The van der Waals surface area contributed by atoms with Crippen molar-refractivity contribution in [1.82, 2.24) is 0 Å². The smallest absolute Gasteiger partial charge is 0.132 e. The van der Waals surface area contributed by atoms with Crippen LogP contribution < -0.4 is 9.47 Å². The van der Waals surface area contributed by atoms with Gasteiger partial charge in [0.15, 0.2) is 0 Å². The Kier molecular flexibility index (Phi) is 8.01. The highest BCUT2D eigenvalue weighted by Gasteiger charge is 2.53. The molecule has 0 saturated heterocycles. The molecule has 12 aromatic carbocycles. The van der Waals surface area contributed by atoms with E-state index in [9.17, 15) is 0 Å². The summed E-state index contributed by atoms with van der Waals surface area (Å²) in [6.07, 6.45) is 0.908. The lowest BCUT2D eigenvalue weighted by Gasteiger charge is -2.41. The molecule has 2 unspecified atom stereocenters. The quantitative estimate of drug-likeness (QED) is 0.164. The standard InChI is InChI=1S/C72H44O2/c1-2-17-44-38-61-56(37-43(44)16-1)54-25-9-12-29-59(54)72(61)60-30-13-14-31-65(60)73-66-34-32-50(41-63(66)72)69(55-26-15-21-48-36-47-20-5-6-22-51(47)70(48)55)49-33-35-67-62(40-49)71(64-39-45-18-3-4-19-46(45)42-68(64)74-67)57-27-10-7-23-52(57)53-24-8-11-28-58(53)71/h1-35,37-42,69H,36H2. The van der Waals surface area contributed by atoms with E-state index >= 15 is 0 Å². The lowest BCUT2D eigenvalue weighted by Crippen LogP contribution is -2.33. The van der Waals surface area contributed by atoms with Gasteiger partial charge in [-0.05, 0) is 166 Å². The maximum atomic E-state index is 7.22. The van der Waals surface area contributed by atoms with Crippen LogP contribution in [0.3, 0.4) is 0 Å². The summed E-state index contributed by atoms with van der Waals surface area (Å²) in [5.41, 5.74) is 22.6. The van der Waals surface area contributed by atoms with Crippen molar-refractivity contribution in [3.63, 3.8) is 0 Å². The third kappa shape index (κ3) is 5.14. The van der Waals surface area contributed by atoms with Crippen LogP contribution in [-0.4, -0.2) is 0 Å². The fourth-order valence-electron chi connectivity index (χ4n) is 14.6. The van der Waals surface area contributed by atoms with Gasteiger partial charge >= 0.3 is 0 Å². The molecular weight excluding hydrogens is 897 g/mol. The number of para-hydroxylation sites is 1. The molecule has 344 valence electrons. The molecule has 2 nitrogen and oxygen atoms in total. The largest absolute Gasteiger partial charge is 0.457 e. The zero-order valence-corrected chi connectivity index (χ0v) is 40.3. The first-order chi connectivity index (χ1) is 36.7. The predicted octanol–water partition coefficient (Wildman–Crippen LogP) is 17.7. The van der Waals surface area contributed by atoms with E-state index < -0.39 is 10.8 Å². The topological polar surface area (TPSA) is 18.5 Å². The van der Waals surface area contributed by atoms with Crippen LogP contribution in [0.15, 0.2) is 249 Å². The molecule has 0 aromatic heterocycles. The normalized spacial score (nSPS) is 16.4. The van der Waals surface area contributed by atoms with E-state index in [-0.39, 0.29) is 5.92 Å². The van der Waals surface area contributed by atoms with E-state index in [4.69, 9.17) is 9.47 Å². The Labute approximate surface area is 429 Å². The van der Waals surface area contributed by atoms with Crippen molar-refractivity contribution in [2.45, 2.75) is 23.2 Å². The Hall–Kier alpha value is -9.24. The lowest BCUT2D eigenvalue weighted by molar-refractivity contribution is 0.436. The predicted molar refractivity (Wildman–Crippen MR) is 298 cm³/mol. The molecule has 0 amide bonds. The fourth-order valence-corrected chi connectivity index (χ4v) is 14.6. The maximum absolute atomic E-state index is 7.22. The number of fused-ring (bicyclic) bond motifs is 23. The van der Waals surface area contributed by atoms with Crippen molar-refractivity contribution in [3.05, 3.63) is 321 Å². The average Bonchev–Trinajstić information content (AvgIpc) is 4.10. The minimum Gasteiger partial charge on any atom is -0.457 e. The van der Waals surface area contributed by atoms with Crippen molar-refractivity contribution >= 4 is 21.5 Å². The summed E-state index contributed by atoms with van der Waals surface area (Å²) in [4.78, 5) is 0. The van der Waals surface area contributed by atoms with Crippen LogP contribution in [0.25, 0.3) is 54.9 Å². The highest BCUT2D eigenvalue weighted by Crippen LogP contribution is 2.65. The summed E-state index contributed by atoms with van der Waals surface area (Å²) >= 11 is 0. The molecule has 0 radical (unpaired) electrons. The van der Waals surface area contributed by atoms with Gasteiger partial charge in [0.1, 0.15) is 23.0 Å². The molecule has 0 N–H and O–H groups in total. The lowest BCUT2D eigenvalue weighted by atomic mass is 9.64. The molecule has 3 aliphatic carbocycles. The molecule has 2 atom stereocenters. The van der Waals surface area contributed by atoms with Gasteiger partial charge in [0.05, 0.1) is 10.8 Å². The SMILES string of the molecule is c1ccc2c(c1)Cc1cccc(C(c3ccc4c(c3)C3(c5cc6ccccc6cc5O4)c4ccccc4-c4ccccc43)c3ccc4c(c3)C3(c5ccccc5O4)c4ccccc4-c4cc5ccccc5cc43)c1-2. The van der Waals surface area contributed by atoms with Gasteiger partial charge in [-0.2, -0.15) is 0 Å². The minimum atomic E-state index is -0.649. The summed E-state index contributed by atoms with van der Waals surface area (Å²) in [7, 11) is 0. The first-order valence-corrected chi connectivity index (χ1v) is 26.0. The van der Waals surface area contributed by atoms with Crippen LogP contribution in [0, 0.1) is 0 Å². The van der Waals surface area contributed by atoms with Crippen LogP contribution in [0.4, 0.5) is 0 Å². The molecule has 74 heavy (non-hydrogen) atoms. The van der Waals surface area contributed by atoms with E-state index in [0.717, 1.165) is 51.5 Å². The second-order valence-corrected chi connectivity index (χ2v) is 20.9. The third-order valence-electron chi connectivity index (χ3n) is 17.5. The zero-order valence-electron chi connectivity index (χ0n) is 40.3. The second kappa shape index (κ2) is 14.7. The average molecular weight is 941 g/mol. The fraction of sp³-hybridized carbons (Fsp3) is 0.0556. The maximum Gasteiger partial charge on any atom is 0.132 e. The molecule has 0 saturated carbocycles. The highest BCUT2D eigenvalue weighted by atomic mass is 16.5. The van der Waals surface area contributed by atoms with E-state index in [1.54, 1.807) is 0 Å². The van der Waals surface area contributed by atoms with Crippen molar-refractivity contribution in [2.24, 2.45) is 0 Å². The van der Waals surface area contributed by atoms with Crippen LogP contribution in [0.2, 0.25) is 0 Å². The summed E-state index contributed by atoms with van der Waals surface area (Å²) in [6.45, 7) is 0. The molecule has 2 spiro atoms. The van der Waals surface area contributed by atoms with Gasteiger partial charge in [-0.3, -0.25) is 0 Å². The molecule has 2 aliphatic heterocycles. The molecule has 0 fully saturated rings. The van der Waals surface area contributed by atoms with Crippen LogP contribution in [-0.2, 0) is 17.3 Å². The van der Waals surface area contributed by atoms with Crippen LogP contribution in [0.5, 0.6) is 23.0 Å².